The molecule has 2 atom stereocenters. The molecule has 3 rings (SSSR count). The molecule has 4 heteroatoms. The van der Waals surface area contributed by atoms with Crippen LogP contribution in [0.5, 0.6) is 0 Å². The molecule has 1 amide bonds. The van der Waals surface area contributed by atoms with Crippen molar-refractivity contribution in [3.63, 3.8) is 0 Å². The van der Waals surface area contributed by atoms with Crippen molar-refractivity contribution >= 4 is 5.91 Å². The minimum Gasteiger partial charge on any atom is -0.380 e. The van der Waals surface area contributed by atoms with Crippen LogP contribution in [0.4, 0.5) is 0 Å². The van der Waals surface area contributed by atoms with Gasteiger partial charge < -0.3 is 14.5 Å². The maximum Gasteiger partial charge on any atom is 0.254 e. The smallest absolute Gasteiger partial charge is 0.254 e. The van der Waals surface area contributed by atoms with Crippen LogP contribution >= 0.6 is 0 Å². The maximum atomic E-state index is 13.1. The van der Waals surface area contributed by atoms with Crippen LogP contribution in [0.15, 0.2) is 24.3 Å². The fourth-order valence-corrected chi connectivity index (χ4v) is 4.03. The van der Waals surface area contributed by atoms with E-state index in [-0.39, 0.29) is 5.91 Å². The number of likely N-dealkylation sites (N-methyl/N-ethyl adjacent to an activating group) is 1. The van der Waals surface area contributed by atoms with Gasteiger partial charge in [0.2, 0.25) is 0 Å². The summed E-state index contributed by atoms with van der Waals surface area (Å²) in [6.07, 6.45) is 4.71. The van der Waals surface area contributed by atoms with Gasteiger partial charge >= 0.3 is 0 Å². The van der Waals surface area contributed by atoms with Gasteiger partial charge in [0.1, 0.15) is 0 Å². The van der Waals surface area contributed by atoms with Gasteiger partial charge in [-0.2, -0.15) is 0 Å². The van der Waals surface area contributed by atoms with E-state index in [1.807, 2.05) is 24.3 Å². The number of methoxy groups -OCH3 is 1. The van der Waals surface area contributed by atoms with Gasteiger partial charge in [0.25, 0.3) is 5.91 Å². The Labute approximate surface area is 133 Å². The van der Waals surface area contributed by atoms with E-state index in [1.165, 1.54) is 12.8 Å². The summed E-state index contributed by atoms with van der Waals surface area (Å²) >= 11 is 0. The molecule has 0 saturated carbocycles. The third-order valence-corrected chi connectivity index (χ3v) is 5.13. The van der Waals surface area contributed by atoms with Crippen LogP contribution in [-0.2, 0) is 11.3 Å². The van der Waals surface area contributed by atoms with Crippen molar-refractivity contribution in [3.05, 3.63) is 35.4 Å². The number of benzene rings is 1. The highest BCUT2D eigenvalue weighted by Gasteiger charge is 2.38. The zero-order chi connectivity index (χ0) is 15.5. The number of carbonyl (C=O) groups excluding carboxylic acids is 1. The fraction of sp³-hybridized carbons (Fsp3) is 0.611. The van der Waals surface area contributed by atoms with Crippen molar-refractivity contribution in [2.75, 3.05) is 27.2 Å². The molecule has 0 aromatic heterocycles. The molecule has 2 unspecified atom stereocenters. The van der Waals surface area contributed by atoms with Crippen molar-refractivity contribution in [2.45, 2.75) is 44.4 Å². The zero-order valence-corrected chi connectivity index (χ0v) is 13.6. The van der Waals surface area contributed by atoms with Crippen LogP contribution in [0.2, 0.25) is 0 Å². The largest absolute Gasteiger partial charge is 0.380 e. The molecular weight excluding hydrogens is 276 g/mol. The average Bonchev–Trinajstić information content (AvgIpc) is 3.15. The Morgan fingerprint density at radius 3 is 2.64 bits per heavy atom. The van der Waals surface area contributed by atoms with Crippen molar-refractivity contribution < 1.29 is 9.53 Å². The summed E-state index contributed by atoms with van der Waals surface area (Å²) in [7, 11) is 3.87. The Balaban J connectivity index is 1.82. The first-order valence-electron chi connectivity index (χ1n) is 8.30. The van der Waals surface area contributed by atoms with E-state index in [4.69, 9.17) is 4.74 Å². The maximum absolute atomic E-state index is 13.1. The summed E-state index contributed by atoms with van der Waals surface area (Å²) in [4.78, 5) is 17.6. The van der Waals surface area contributed by atoms with E-state index in [9.17, 15) is 4.79 Å². The average molecular weight is 302 g/mol. The number of carbonyl (C=O) groups is 1. The molecule has 2 aliphatic heterocycles. The molecule has 0 radical (unpaired) electrons. The van der Waals surface area contributed by atoms with Crippen molar-refractivity contribution in [2.24, 2.45) is 0 Å². The number of nitrogens with zero attached hydrogens (tertiary/aromatic N) is 2. The predicted molar refractivity (Wildman–Crippen MR) is 86.9 cm³/mol. The number of ether oxygens (including phenoxy) is 1. The standard InChI is InChI=1S/C18H26N2O2/c1-19-11-5-9-16(19)17-10-6-12-20(17)18(21)15-8-4-3-7-14(15)13-22-2/h3-4,7-8,16-17H,5-6,9-13H2,1-2H3. The van der Waals surface area contributed by atoms with Crippen LogP contribution < -0.4 is 0 Å². The van der Waals surface area contributed by atoms with Gasteiger partial charge in [0.05, 0.1) is 6.61 Å². The number of likely N-dealkylation sites (tertiary alicyclic amines) is 2. The van der Waals surface area contributed by atoms with E-state index >= 15 is 0 Å². The first kappa shape index (κ1) is 15.5. The number of hydrogen-bond donors (Lipinski definition) is 0. The Morgan fingerprint density at radius 2 is 1.91 bits per heavy atom. The number of hydrogen-bond acceptors (Lipinski definition) is 3. The van der Waals surface area contributed by atoms with Crippen LogP contribution in [0.25, 0.3) is 0 Å². The van der Waals surface area contributed by atoms with Crippen LogP contribution in [0.3, 0.4) is 0 Å². The molecule has 0 spiro atoms. The van der Waals surface area contributed by atoms with Crippen LogP contribution in [0, 0.1) is 0 Å². The van der Waals surface area contributed by atoms with E-state index in [2.05, 4.69) is 16.8 Å². The molecule has 2 aliphatic rings. The molecular formula is C18H26N2O2. The van der Waals surface area contributed by atoms with Gasteiger partial charge in [-0.25, -0.2) is 0 Å². The molecule has 4 nitrogen and oxygen atoms in total. The molecule has 2 fully saturated rings. The van der Waals surface area contributed by atoms with Gasteiger partial charge in [-0.05, 0) is 50.9 Å². The third kappa shape index (κ3) is 2.90. The van der Waals surface area contributed by atoms with Gasteiger partial charge in [0, 0.05) is 31.3 Å². The fourth-order valence-electron chi connectivity index (χ4n) is 4.03. The zero-order valence-electron chi connectivity index (χ0n) is 13.6. The summed E-state index contributed by atoms with van der Waals surface area (Å²) in [5, 5.41) is 0. The lowest BCUT2D eigenvalue weighted by Crippen LogP contribution is -2.47. The van der Waals surface area contributed by atoms with E-state index in [0.717, 1.165) is 37.1 Å². The Kier molecular flexibility index (Phi) is 4.79. The molecule has 2 saturated heterocycles. The second-order valence-corrected chi connectivity index (χ2v) is 6.49. The summed E-state index contributed by atoms with van der Waals surface area (Å²) < 4.78 is 5.25. The van der Waals surface area contributed by atoms with E-state index < -0.39 is 0 Å². The number of rotatable bonds is 4. The second kappa shape index (κ2) is 6.80. The minimum atomic E-state index is 0.176. The quantitative estimate of drug-likeness (QED) is 0.857. The molecule has 1 aromatic carbocycles. The summed E-state index contributed by atoms with van der Waals surface area (Å²) in [6, 6.07) is 8.74. The van der Waals surface area contributed by atoms with Gasteiger partial charge in [-0.3, -0.25) is 4.79 Å². The van der Waals surface area contributed by atoms with Gasteiger partial charge in [-0.1, -0.05) is 18.2 Å². The summed E-state index contributed by atoms with van der Waals surface area (Å²) in [6.45, 7) is 2.53. The van der Waals surface area contributed by atoms with Crippen molar-refractivity contribution in [3.8, 4) is 0 Å². The molecule has 22 heavy (non-hydrogen) atoms. The normalized spacial score (nSPS) is 25.8. The van der Waals surface area contributed by atoms with E-state index in [0.29, 0.717) is 18.7 Å². The lowest BCUT2D eigenvalue weighted by atomic mass is 10.0. The van der Waals surface area contributed by atoms with E-state index in [1.54, 1.807) is 7.11 Å². The highest BCUT2D eigenvalue weighted by atomic mass is 16.5. The Hall–Kier alpha value is -1.39. The molecule has 120 valence electrons. The third-order valence-electron chi connectivity index (χ3n) is 5.13. The lowest BCUT2D eigenvalue weighted by molar-refractivity contribution is 0.0660. The molecule has 1 aromatic rings. The molecule has 0 bridgehead atoms. The Morgan fingerprint density at radius 1 is 1.18 bits per heavy atom. The van der Waals surface area contributed by atoms with Gasteiger partial charge in [-0.15, -0.1) is 0 Å². The SMILES string of the molecule is COCc1ccccc1C(=O)N1CCCC1C1CCCN1C. The molecule has 2 heterocycles. The molecule has 0 aliphatic carbocycles. The predicted octanol–water partition coefficient (Wildman–Crippen LogP) is 2.53. The lowest BCUT2D eigenvalue weighted by Gasteiger charge is -2.33. The second-order valence-electron chi connectivity index (χ2n) is 6.49. The van der Waals surface area contributed by atoms with Crippen LogP contribution in [-0.4, -0.2) is 55.0 Å². The Bertz CT molecular complexity index is 532. The monoisotopic (exact) mass is 302 g/mol. The topological polar surface area (TPSA) is 32.8 Å². The first-order chi connectivity index (χ1) is 10.7. The van der Waals surface area contributed by atoms with Crippen molar-refractivity contribution in [1.82, 2.24) is 9.80 Å². The minimum absolute atomic E-state index is 0.176. The van der Waals surface area contributed by atoms with Gasteiger partial charge in [0.15, 0.2) is 0 Å². The summed E-state index contributed by atoms with van der Waals surface area (Å²) in [5.74, 6) is 0.176. The number of amides is 1. The molecule has 0 N–H and O–H groups in total. The first-order valence-corrected chi connectivity index (χ1v) is 8.30. The van der Waals surface area contributed by atoms with Crippen molar-refractivity contribution in [1.29, 1.82) is 0 Å². The summed E-state index contributed by atoms with van der Waals surface area (Å²) in [5.41, 5.74) is 1.79. The van der Waals surface area contributed by atoms with Crippen LogP contribution in [0.1, 0.15) is 41.6 Å². The highest BCUT2D eigenvalue weighted by molar-refractivity contribution is 5.96. The highest BCUT2D eigenvalue weighted by Crippen LogP contribution is 2.30.